The van der Waals surface area contributed by atoms with Gasteiger partial charge in [-0.05, 0) is 74.5 Å². The number of aliphatic hydroxyl groups is 1. The number of rotatable bonds is 0. The van der Waals surface area contributed by atoms with Gasteiger partial charge in [0.1, 0.15) is 11.6 Å². The molecule has 4 rings (SSSR count). The molecule has 4 aliphatic rings. The highest BCUT2D eigenvalue weighted by atomic mass is 16.3. The normalized spacial score (nSPS) is 54.6. The largest absolute Gasteiger partial charge is 0.393 e. The van der Waals surface area contributed by atoms with E-state index in [2.05, 4.69) is 6.92 Å². The predicted molar refractivity (Wildman–Crippen MR) is 83.1 cm³/mol. The van der Waals surface area contributed by atoms with Crippen LogP contribution in [-0.2, 0) is 9.59 Å². The molecule has 0 spiro atoms. The van der Waals surface area contributed by atoms with E-state index in [1.54, 1.807) is 0 Å². The highest BCUT2D eigenvalue weighted by molar-refractivity contribution is 6.09. The SMILES string of the molecule is C[C@@]12C(=O)CC[C@H]1[C@@H]1CCC3CC(O)CC[C@]3(C)[C@H]1CC2=O. The minimum atomic E-state index is -0.668. The van der Waals surface area contributed by atoms with E-state index in [9.17, 15) is 14.7 Å². The molecule has 0 heterocycles. The summed E-state index contributed by atoms with van der Waals surface area (Å²) in [6.07, 6.45) is 7.15. The molecule has 4 saturated carbocycles. The van der Waals surface area contributed by atoms with Crippen LogP contribution in [0.1, 0.15) is 65.2 Å². The molecule has 0 aliphatic heterocycles. The van der Waals surface area contributed by atoms with Crippen LogP contribution < -0.4 is 0 Å². The molecule has 7 atom stereocenters. The van der Waals surface area contributed by atoms with Crippen molar-refractivity contribution in [2.45, 2.75) is 71.3 Å². The van der Waals surface area contributed by atoms with Crippen molar-refractivity contribution in [1.82, 2.24) is 0 Å². The molecule has 1 N–H and O–H groups in total. The maximum atomic E-state index is 12.9. The summed E-state index contributed by atoms with van der Waals surface area (Å²) >= 11 is 0. The quantitative estimate of drug-likeness (QED) is 0.700. The fourth-order valence-electron chi connectivity index (χ4n) is 6.74. The van der Waals surface area contributed by atoms with E-state index in [1.807, 2.05) is 6.92 Å². The molecule has 0 aromatic heterocycles. The van der Waals surface area contributed by atoms with Gasteiger partial charge in [-0.15, -0.1) is 0 Å². The van der Waals surface area contributed by atoms with E-state index < -0.39 is 5.41 Å². The Morgan fingerprint density at radius 1 is 1.00 bits per heavy atom. The van der Waals surface area contributed by atoms with Crippen LogP contribution in [0.5, 0.6) is 0 Å². The third-order valence-electron chi connectivity index (χ3n) is 8.22. The Balaban J connectivity index is 1.69. The molecular weight excluding hydrogens is 276 g/mol. The molecule has 0 amide bonds. The van der Waals surface area contributed by atoms with Crippen LogP contribution >= 0.6 is 0 Å². The molecule has 22 heavy (non-hydrogen) atoms. The van der Waals surface area contributed by atoms with Crippen molar-refractivity contribution in [3.8, 4) is 0 Å². The van der Waals surface area contributed by atoms with Crippen molar-refractivity contribution in [2.75, 3.05) is 0 Å². The van der Waals surface area contributed by atoms with Crippen LogP contribution in [0, 0.1) is 34.5 Å². The van der Waals surface area contributed by atoms with Gasteiger partial charge in [-0.3, -0.25) is 9.59 Å². The zero-order valence-corrected chi connectivity index (χ0v) is 13.8. The van der Waals surface area contributed by atoms with Gasteiger partial charge in [-0.1, -0.05) is 6.92 Å². The van der Waals surface area contributed by atoms with Gasteiger partial charge >= 0.3 is 0 Å². The first-order chi connectivity index (χ1) is 10.4. The highest BCUT2D eigenvalue weighted by Crippen LogP contribution is 2.64. The number of hydrogen-bond donors (Lipinski definition) is 1. The zero-order valence-electron chi connectivity index (χ0n) is 13.8. The topological polar surface area (TPSA) is 54.4 Å². The van der Waals surface area contributed by atoms with Crippen LogP contribution in [0.4, 0.5) is 0 Å². The third-order valence-corrected chi connectivity index (χ3v) is 8.22. The monoisotopic (exact) mass is 304 g/mol. The van der Waals surface area contributed by atoms with E-state index in [1.165, 1.54) is 6.42 Å². The Labute approximate surface area is 132 Å². The maximum absolute atomic E-state index is 12.9. The first-order valence-corrected chi connectivity index (χ1v) is 9.12. The van der Waals surface area contributed by atoms with Crippen molar-refractivity contribution in [1.29, 1.82) is 0 Å². The fourth-order valence-corrected chi connectivity index (χ4v) is 6.74. The summed E-state index contributed by atoms with van der Waals surface area (Å²) < 4.78 is 0. The summed E-state index contributed by atoms with van der Waals surface area (Å²) in [5, 5.41) is 10.0. The Bertz CT molecular complexity index is 527. The van der Waals surface area contributed by atoms with Crippen LogP contribution in [0.15, 0.2) is 0 Å². The average Bonchev–Trinajstić information content (AvgIpc) is 2.79. The Morgan fingerprint density at radius 3 is 2.55 bits per heavy atom. The van der Waals surface area contributed by atoms with Crippen molar-refractivity contribution in [2.24, 2.45) is 34.5 Å². The molecule has 3 nitrogen and oxygen atoms in total. The van der Waals surface area contributed by atoms with Crippen LogP contribution in [0.25, 0.3) is 0 Å². The first-order valence-electron chi connectivity index (χ1n) is 9.12. The number of carbonyl (C=O) groups is 2. The molecule has 0 bridgehead atoms. The van der Waals surface area contributed by atoms with Crippen molar-refractivity contribution in [3.63, 3.8) is 0 Å². The fraction of sp³-hybridized carbons (Fsp3) is 0.895. The van der Waals surface area contributed by atoms with Gasteiger partial charge in [0.25, 0.3) is 0 Å². The molecule has 0 aromatic carbocycles. The number of Topliss-reactive ketones (excluding diaryl/α,β-unsaturated/α-hetero) is 2. The van der Waals surface area contributed by atoms with E-state index in [0.29, 0.717) is 30.6 Å². The second kappa shape index (κ2) is 4.66. The molecule has 0 saturated heterocycles. The molecule has 4 aliphatic carbocycles. The summed E-state index contributed by atoms with van der Waals surface area (Å²) in [5.41, 5.74) is -0.469. The zero-order chi connectivity index (χ0) is 15.7. The summed E-state index contributed by atoms with van der Waals surface area (Å²) in [4.78, 5) is 25.2. The standard InChI is InChI=1S/C19H28O3/c1-18-8-7-12(20)9-11(18)3-4-13-14-5-6-16(21)19(14,2)17(22)10-15(13)18/h11-15,20H,3-10H2,1-2H3/t11?,12?,13-,14-,15-,18-,19-/m0/s1. The van der Waals surface area contributed by atoms with E-state index in [0.717, 1.165) is 32.1 Å². The van der Waals surface area contributed by atoms with Crippen LogP contribution in [-0.4, -0.2) is 22.8 Å². The van der Waals surface area contributed by atoms with Crippen molar-refractivity contribution >= 4 is 11.6 Å². The number of fused-ring (bicyclic) bond motifs is 5. The van der Waals surface area contributed by atoms with Gasteiger partial charge in [0.15, 0.2) is 0 Å². The van der Waals surface area contributed by atoms with Gasteiger partial charge in [0.05, 0.1) is 11.5 Å². The smallest absolute Gasteiger partial charge is 0.146 e. The highest BCUT2D eigenvalue weighted by Gasteiger charge is 2.63. The lowest BCUT2D eigenvalue weighted by Gasteiger charge is -2.59. The molecule has 2 unspecified atom stereocenters. The molecule has 4 fully saturated rings. The predicted octanol–water partition coefficient (Wildman–Crippen LogP) is 3.14. The second-order valence-electron chi connectivity index (χ2n) is 8.88. The lowest BCUT2D eigenvalue weighted by molar-refractivity contribution is -0.159. The average molecular weight is 304 g/mol. The van der Waals surface area contributed by atoms with Gasteiger partial charge in [0, 0.05) is 12.8 Å². The molecule has 0 radical (unpaired) electrons. The second-order valence-corrected chi connectivity index (χ2v) is 8.88. The summed E-state index contributed by atoms with van der Waals surface area (Å²) in [7, 11) is 0. The number of aliphatic hydroxyl groups excluding tert-OH is 1. The van der Waals surface area contributed by atoms with Crippen LogP contribution in [0.3, 0.4) is 0 Å². The lowest BCUT2D eigenvalue weighted by Crippen LogP contribution is -2.57. The van der Waals surface area contributed by atoms with E-state index >= 15 is 0 Å². The Kier molecular flexibility index (Phi) is 3.15. The first kappa shape index (κ1) is 14.9. The third kappa shape index (κ3) is 1.72. The van der Waals surface area contributed by atoms with Gasteiger partial charge < -0.3 is 5.11 Å². The molecule has 122 valence electrons. The van der Waals surface area contributed by atoms with Crippen LogP contribution in [0.2, 0.25) is 0 Å². The van der Waals surface area contributed by atoms with E-state index in [4.69, 9.17) is 0 Å². The molecule has 0 aromatic rings. The number of ketones is 2. The number of hydrogen-bond acceptors (Lipinski definition) is 3. The van der Waals surface area contributed by atoms with E-state index in [-0.39, 0.29) is 29.0 Å². The van der Waals surface area contributed by atoms with Crippen molar-refractivity contribution in [3.05, 3.63) is 0 Å². The summed E-state index contributed by atoms with van der Waals surface area (Å²) in [6, 6.07) is 0. The molecule has 3 heteroatoms. The minimum absolute atomic E-state index is 0.146. The summed E-state index contributed by atoms with van der Waals surface area (Å²) in [5.74, 6) is 2.25. The number of carbonyl (C=O) groups excluding carboxylic acids is 2. The van der Waals surface area contributed by atoms with Crippen molar-refractivity contribution < 1.29 is 14.7 Å². The lowest BCUT2D eigenvalue weighted by atomic mass is 9.45. The minimum Gasteiger partial charge on any atom is -0.393 e. The van der Waals surface area contributed by atoms with Gasteiger partial charge in [-0.2, -0.15) is 0 Å². The van der Waals surface area contributed by atoms with Gasteiger partial charge in [0.2, 0.25) is 0 Å². The Morgan fingerprint density at radius 2 is 1.77 bits per heavy atom. The Hall–Kier alpha value is -0.700. The molecular formula is C19H28O3. The van der Waals surface area contributed by atoms with Gasteiger partial charge in [-0.25, -0.2) is 0 Å². The maximum Gasteiger partial charge on any atom is 0.146 e. The summed E-state index contributed by atoms with van der Waals surface area (Å²) in [6.45, 7) is 4.30.